The van der Waals surface area contributed by atoms with Crippen LogP contribution < -0.4 is 0 Å². The predicted molar refractivity (Wildman–Crippen MR) is 501 cm³/mol. The first kappa shape index (κ1) is 156. The van der Waals surface area contributed by atoms with Gasteiger partial charge in [-0.3, -0.25) is 24.0 Å². The molecule has 20 heteroatoms. The lowest BCUT2D eigenvalue weighted by atomic mass is 9.94. The van der Waals surface area contributed by atoms with E-state index in [0.29, 0.717) is 84.0 Å². The number of unbranched alkanes of at least 4 members (excludes halogenated alkanes) is 10. The third kappa shape index (κ3) is 322. The summed E-state index contributed by atoms with van der Waals surface area (Å²) in [6, 6.07) is 0. The summed E-state index contributed by atoms with van der Waals surface area (Å²) in [5.41, 5.74) is 0.542. The molecule has 0 saturated carbocycles. The van der Waals surface area contributed by atoms with Crippen LogP contribution in [0.25, 0.3) is 0 Å². The quantitative estimate of drug-likeness (QED) is 0.0314. The lowest BCUT2D eigenvalue weighted by Crippen LogP contribution is -2.06. The average Bonchev–Trinajstić information content (AvgIpc) is 1.04. The fourth-order valence-electron chi connectivity index (χ4n) is 5.17. The van der Waals surface area contributed by atoms with Gasteiger partial charge in [0.2, 0.25) is 0 Å². The molecule has 0 fully saturated rings. The first-order valence-corrected chi connectivity index (χ1v) is 44.9. The Balaban J connectivity index is -0.0000000544. The molecule has 0 aliphatic carbocycles. The van der Waals surface area contributed by atoms with E-state index in [1.165, 1.54) is 151 Å². The van der Waals surface area contributed by atoms with Crippen molar-refractivity contribution in [2.45, 2.75) is 400 Å². The number of carbonyl (C=O) groups excluding carboxylic acids is 5. The van der Waals surface area contributed by atoms with Crippen molar-refractivity contribution in [3.8, 4) is 0 Å². The summed E-state index contributed by atoms with van der Waals surface area (Å²) in [6.45, 7) is 70.6. The highest BCUT2D eigenvalue weighted by Crippen LogP contribution is 2.16. The Morgan fingerprint density at radius 3 is 0.696 bits per heavy atom. The summed E-state index contributed by atoms with van der Waals surface area (Å²) in [7, 11) is 20.6. The zero-order valence-electron chi connectivity index (χ0n) is 85.9. The Morgan fingerprint density at radius 2 is 0.530 bits per heavy atom. The van der Waals surface area contributed by atoms with E-state index in [1.54, 1.807) is 70.9 Å². The molecule has 0 aromatic heterocycles. The van der Waals surface area contributed by atoms with Crippen molar-refractivity contribution in [2.24, 2.45) is 29.1 Å². The molecule has 0 heterocycles. The Hall–Kier alpha value is -3.05. The fourth-order valence-corrected chi connectivity index (χ4v) is 5.17. The van der Waals surface area contributed by atoms with Crippen molar-refractivity contribution in [2.75, 3.05) is 172 Å². The van der Waals surface area contributed by atoms with Gasteiger partial charge in [0, 0.05) is 123 Å². The van der Waals surface area contributed by atoms with Gasteiger partial charge in [0.25, 0.3) is 0 Å². The van der Waals surface area contributed by atoms with Gasteiger partial charge in [0.05, 0.1) is 74.7 Å². The summed E-state index contributed by atoms with van der Waals surface area (Å²) in [5, 5.41) is 0. The van der Waals surface area contributed by atoms with E-state index in [0.717, 1.165) is 108 Å². The minimum atomic E-state index is -0.262. The van der Waals surface area contributed by atoms with E-state index in [-0.39, 0.29) is 29.8 Å². The predicted octanol–water partition coefficient (Wildman–Crippen LogP) is 26.9. The van der Waals surface area contributed by atoms with Gasteiger partial charge in [-0.05, 0) is 67.6 Å². The molecule has 20 nitrogen and oxygen atoms in total. The molecule has 115 heavy (non-hydrogen) atoms. The minimum absolute atomic E-state index is 0.0940. The number of hydrogen-bond donors (Lipinski definition) is 0. The van der Waals surface area contributed by atoms with Crippen molar-refractivity contribution in [3.63, 3.8) is 0 Å². The Labute approximate surface area is 722 Å². The molecule has 0 unspecified atom stereocenters. The molecule has 0 aromatic carbocycles. The first-order valence-electron chi connectivity index (χ1n) is 44.9. The molecule has 0 saturated heterocycles. The largest absolute Gasteiger partial charge is 0.469 e. The molecular weight excluding hydrogens is 1460 g/mol. The van der Waals surface area contributed by atoms with Crippen molar-refractivity contribution < 1.29 is 95.0 Å². The zero-order chi connectivity index (χ0) is 93.7. The molecule has 0 radical (unpaired) electrons. The summed E-state index contributed by atoms with van der Waals surface area (Å²) >= 11 is 0. The van der Waals surface area contributed by atoms with Gasteiger partial charge in [0.15, 0.2) is 0 Å². The van der Waals surface area contributed by atoms with Gasteiger partial charge < -0.3 is 71.1 Å². The fraction of sp³-hybridized carbons (Fsp3) is 0.947. The van der Waals surface area contributed by atoms with Crippen LogP contribution >= 0.6 is 0 Å². The number of methoxy groups -OCH3 is 13. The normalized spacial score (nSPS) is 9.20. The third-order valence-corrected chi connectivity index (χ3v) is 14.7. The van der Waals surface area contributed by atoms with E-state index in [2.05, 4.69) is 211 Å². The van der Waals surface area contributed by atoms with Crippen LogP contribution in [0.4, 0.5) is 0 Å². The van der Waals surface area contributed by atoms with Crippen LogP contribution in [0.15, 0.2) is 0 Å². The highest BCUT2D eigenvalue weighted by atomic mass is 16.6. The molecule has 0 aliphatic heterocycles. The van der Waals surface area contributed by atoms with E-state index < -0.39 is 0 Å². The summed E-state index contributed by atoms with van der Waals surface area (Å²) in [4.78, 5) is 51.0. The summed E-state index contributed by atoms with van der Waals surface area (Å²) < 4.78 is 69.7. The van der Waals surface area contributed by atoms with Crippen LogP contribution in [-0.2, 0) is 95.0 Å². The van der Waals surface area contributed by atoms with Gasteiger partial charge >= 0.3 is 29.8 Å². The maximum absolute atomic E-state index is 10.5. The van der Waals surface area contributed by atoms with Crippen LogP contribution in [0.5, 0.6) is 0 Å². The van der Waals surface area contributed by atoms with E-state index in [4.69, 9.17) is 33.2 Å². The van der Waals surface area contributed by atoms with Crippen LogP contribution in [-0.4, -0.2) is 202 Å². The molecule has 0 rings (SSSR count). The van der Waals surface area contributed by atoms with E-state index >= 15 is 0 Å². The molecule has 0 atom stereocenters. The number of esters is 5. The Kier molecular flexibility index (Phi) is 235. The van der Waals surface area contributed by atoms with Crippen molar-refractivity contribution in [1.29, 1.82) is 0 Å². The van der Waals surface area contributed by atoms with Crippen molar-refractivity contribution in [1.82, 2.24) is 0 Å². The smallest absolute Gasteiger partial charge is 0.305 e. The molecule has 0 aliphatic rings. The number of carbonyl (C=O) groups is 5. The average molecular weight is 1680 g/mol. The number of ether oxygens (including phenoxy) is 15. The first-order chi connectivity index (χ1) is 54.5. The second-order valence-electron chi connectivity index (χ2n) is 28.4. The number of rotatable bonds is 44. The minimum Gasteiger partial charge on any atom is -0.469 e. The molecule has 0 spiro atoms. The summed E-state index contributed by atoms with van der Waals surface area (Å²) in [5.74, 6) is 2.91. The molecule has 0 N–H and O–H groups in total. The van der Waals surface area contributed by atoms with Gasteiger partial charge in [-0.1, -0.05) is 329 Å². The lowest BCUT2D eigenvalue weighted by molar-refractivity contribution is -0.142. The second kappa shape index (κ2) is 173. The zero-order valence-corrected chi connectivity index (χ0v) is 85.9. The van der Waals surface area contributed by atoms with Crippen LogP contribution in [0.2, 0.25) is 0 Å². The van der Waals surface area contributed by atoms with Gasteiger partial charge in [0.1, 0.15) is 6.61 Å². The van der Waals surface area contributed by atoms with Crippen LogP contribution in [0.1, 0.15) is 400 Å². The van der Waals surface area contributed by atoms with Crippen LogP contribution in [0.3, 0.4) is 0 Å². The molecular formula is C95H216O20. The van der Waals surface area contributed by atoms with Gasteiger partial charge in [-0.25, -0.2) is 0 Å². The summed E-state index contributed by atoms with van der Waals surface area (Å²) in [6.07, 6.45) is 35.5. The molecule has 0 aromatic rings. The third-order valence-electron chi connectivity index (χ3n) is 14.7. The maximum atomic E-state index is 10.5. The SMILES string of the molecule is CCC.CCC(=O)OC.CCC(C)(C)C.CCC(C)C.CCC(C)CC.CCC(C)CC.CCCC.CCCC(=O)OC.CCCC(C)C.CCCCC.CCCCC(=O)OC.CCCCCC.CCCCCC(=O)OC.COCCCCOC.COCCCOC.COCCOC.COCCOC(C)=O.COCCOCCOC. The monoisotopic (exact) mass is 1680 g/mol. The van der Waals surface area contributed by atoms with Crippen molar-refractivity contribution in [3.05, 3.63) is 0 Å². The Morgan fingerprint density at radius 1 is 0.270 bits per heavy atom. The standard InChI is InChI=1S/C7H14O2.C6H14O3.C6H14O2.C6H12O2.5C6H14.C5H10O3.C5H12O2.C5H10O2.2C5H12.C4H10O2.C4H8O2.C4H10.C3H8/c1-3-4-5-6-7(8)9-2;1-7-3-5-9-6-4-8-2;1-7-5-3-4-6-8-2;1-3-4-5-6(7)8-2;1-5-6(2,3)4;1-4-5-6(2)3;2*1-4-6(3)5-2;1-3-5-6-4-2;1-5(6)8-4-3-7-2;1-6-4-3-5-7-2;1-3-4-5(6)7-2;1-4-5(2)3;1-3-5-4-2;1-5-3-4-6-2;1-3-4(5)6-2;1-3-4-2;1-3-2/h2*3-6H2,1-2H3;3-6H2,1-2H3;3-5H2,1-2H3;5H2,1-4H3;3*6H,4-5H2,1-3H3;3-6H2,1-2H3;3-4H2,1-2H3;3-5H2,1-2H3;3-4H2,1-2H3;5H,4H2,1-3H3;3-5H2,1-2H3;3-4H2,1-2H3;3H2,1-2H3;3-4H2,1-2H3;3H2,1-2H3. The van der Waals surface area contributed by atoms with E-state index in [9.17, 15) is 24.0 Å². The second-order valence-corrected chi connectivity index (χ2v) is 28.4. The van der Waals surface area contributed by atoms with Gasteiger partial charge in [-0.2, -0.15) is 0 Å². The maximum Gasteiger partial charge on any atom is 0.305 e. The molecule has 716 valence electrons. The van der Waals surface area contributed by atoms with Gasteiger partial charge in [-0.15, -0.1) is 0 Å². The van der Waals surface area contributed by atoms with E-state index in [1.807, 2.05) is 13.8 Å². The molecule has 0 amide bonds. The highest BCUT2D eigenvalue weighted by Gasteiger charge is 2.03. The molecule has 0 bridgehead atoms. The highest BCUT2D eigenvalue weighted by molar-refractivity contribution is 5.69. The number of hydrogen-bond acceptors (Lipinski definition) is 20. The van der Waals surface area contributed by atoms with Crippen molar-refractivity contribution >= 4 is 29.8 Å². The van der Waals surface area contributed by atoms with Crippen LogP contribution in [0, 0.1) is 29.1 Å². The topological polar surface area (TPSA) is 224 Å². The Bertz CT molecular complexity index is 1410. The lowest BCUT2D eigenvalue weighted by Gasteiger charge is -2.12.